The van der Waals surface area contributed by atoms with Crippen LogP contribution in [0.3, 0.4) is 0 Å². The Kier molecular flexibility index (Phi) is 2.20. The second-order valence-electron chi connectivity index (χ2n) is 2.94. The average molecular weight is 210 g/mol. The molecule has 0 aliphatic carbocycles. The largest absolute Gasteiger partial charge is 0.331 e. The molecule has 0 unspecified atom stereocenters. The monoisotopic (exact) mass is 210 g/mol. The van der Waals surface area contributed by atoms with Gasteiger partial charge in [0.05, 0.1) is 18.6 Å². The van der Waals surface area contributed by atoms with Gasteiger partial charge in [0, 0.05) is 12.4 Å². The van der Waals surface area contributed by atoms with Gasteiger partial charge in [-0.25, -0.2) is 9.78 Å². The predicted molar refractivity (Wildman–Crippen MR) is 49.0 cm³/mol. The number of imidazole rings is 1. The van der Waals surface area contributed by atoms with Crippen molar-refractivity contribution in [3.63, 3.8) is 0 Å². The van der Waals surface area contributed by atoms with Crippen LogP contribution >= 0.6 is 0 Å². The zero-order valence-corrected chi connectivity index (χ0v) is 7.53. The number of hydrogen-bond acceptors (Lipinski definition) is 3. The highest BCUT2D eigenvalue weighted by Gasteiger charge is 2.08. The number of hydrogen-bond donors (Lipinski definition) is 2. The average Bonchev–Trinajstić information content (AvgIpc) is 2.66. The fraction of sp³-hybridized carbons (Fsp3) is 0.125. The first-order chi connectivity index (χ1) is 7.16. The van der Waals surface area contributed by atoms with Crippen molar-refractivity contribution in [1.29, 1.82) is 0 Å². The number of aromatic amines is 2. The van der Waals surface area contributed by atoms with E-state index in [-0.39, 0.29) is 12.2 Å². The van der Waals surface area contributed by atoms with Crippen LogP contribution in [0.1, 0.15) is 5.69 Å². The Morgan fingerprint density at radius 2 is 2.20 bits per heavy atom. The molecular formula is C8H7FN4O2. The van der Waals surface area contributed by atoms with Crippen LogP contribution in [0.15, 0.2) is 28.3 Å². The zero-order valence-electron chi connectivity index (χ0n) is 7.53. The third-order valence-corrected chi connectivity index (χ3v) is 1.86. The van der Waals surface area contributed by atoms with Crippen LogP contribution in [0, 0.1) is 5.82 Å². The number of aromatic nitrogens is 4. The van der Waals surface area contributed by atoms with Crippen molar-refractivity contribution in [3.8, 4) is 0 Å². The SMILES string of the molecule is O=c1[nH]c(Cn2ccnc2)c(F)c(=O)[nH]1. The van der Waals surface area contributed by atoms with Crippen LogP contribution in [-0.2, 0) is 6.54 Å². The molecule has 78 valence electrons. The molecule has 2 rings (SSSR count). The fourth-order valence-electron chi connectivity index (χ4n) is 1.19. The van der Waals surface area contributed by atoms with E-state index in [9.17, 15) is 14.0 Å². The molecule has 0 saturated heterocycles. The van der Waals surface area contributed by atoms with E-state index >= 15 is 0 Å². The second kappa shape index (κ2) is 3.52. The molecule has 2 aromatic heterocycles. The van der Waals surface area contributed by atoms with Gasteiger partial charge in [-0.1, -0.05) is 0 Å². The number of nitrogens with zero attached hydrogens (tertiary/aromatic N) is 2. The van der Waals surface area contributed by atoms with Gasteiger partial charge in [0.1, 0.15) is 0 Å². The molecule has 2 aromatic rings. The van der Waals surface area contributed by atoms with Gasteiger partial charge in [0.25, 0.3) is 5.56 Å². The maximum atomic E-state index is 13.2. The summed E-state index contributed by atoms with van der Waals surface area (Å²) in [5, 5.41) is 0. The normalized spacial score (nSPS) is 10.5. The van der Waals surface area contributed by atoms with Crippen molar-refractivity contribution >= 4 is 0 Å². The van der Waals surface area contributed by atoms with Crippen molar-refractivity contribution in [1.82, 2.24) is 19.5 Å². The van der Waals surface area contributed by atoms with E-state index in [1.165, 1.54) is 17.1 Å². The minimum absolute atomic E-state index is 0.0605. The van der Waals surface area contributed by atoms with Crippen molar-refractivity contribution in [2.24, 2.45) is 0 Å². The van der Waals surface area contributed by atoms with Crippen LogP contribution in [-0.4, -0.2) is 19.5 Å². The molecule has 0 aromatic carbocycles. The molecule has 0 saturated carbocycles. The van der Waals surface area contributed by atoms with Crippen molar-refractivity contribution in [2.45, 2.75) is 6.54 Å². The van der Waals surface area contributed by atoms with Crippen LogP contribution < -0.4 is 11.2 Å². The van der Waals surface area contributed by atoms with E-state index < -0.39 is 17.1 Å². The Bertz CT molecular complexity index is 569. The molecule has 0 spiro atoms. The highest BCUT2D eigenvalue weighted by Crippen LogP contribution is 1.98. The second-order valence-corrected chi connectivity index (χ2v) is 2.94. The summed E-state index contributed by atoms with van der Waals surface area (Å²) in [6, 6.07) is 0. The topological polar surface area (TPSA) is 83.5 Å². The van der Waals surface area contributed by atoms with E-state index in [2.05, 4.69) is 9.97 Å². The summed E-state index contributed by atoms with van der Waals surface area (Å²) in [5.74, 6) is -0.983. The summed E-state index contributed by atoms with van der Waals surface area (Å²) in [6.45, 7) is 0.0605. The van der Waals surface area contributed by atoms with Crippen LogP contribution in [0.25, 0.3) is 0 Å². The van der Waals surface area contributed by atoms with Gasteiger partial charge in [0.2, 0.25) is 5.82 Å². The molecule has 0 aliphatic rings. The number of halogens is 1. The van der Waals surface area contributed by atoms with Crippen LogP contribution in [0.4, 0.5) is 4.39 Å². The van der Waals surface area contributed by atoms with Gasteiger partial charge in [-0.2, -0.15) is 4.39 Å². The van der Waals surface area contributed by atoms with E-state index in [0.29, 0.717) is 0 Å². The zero-order chi connectivity index (χ0) is 10.8. The summed E-state index contributed by atoms with van der Waals surface area (Å²) in [6.07, 6.45) is 4.57. The van der Waals surface area contributed by atoms with Crippen molar-refractivity contribution in [3.05, 3.63) is 51.1 Å². The summed E-state index contributed by atoms with van der Waals surface area (Å²) in [5.41, 5.74) is -1.81. The number of nitrogens with one attached hydrogen (secondary N) is 2. The maximum absolute atomic E-state index is 13.2. The van der Waals surface area contributed by atoms with E-state index in [4.69, 9.17) is 0 Å². The third-order valence-electron chi connectivity index (χ3n) is 1.86. The molecule has 0 fully saturated rings. The molecule has 0 radical (unpaired) electrons. The first-order valence-corrected chi connectivity index (χ1v) is 4.13. The molecule has 2 heterocycles. The molecule has 6 nitrogen and oxygen atoms in total. The molecule has 0 bridgehead atoms. The molecule has 2 N–H and O–H groups in total. The minimum Gasteiger partial charge on any atom is -0.331 e. The Labute approximate surface area is 82.4 Å². The molecule has 15 heavy (non-hydrogen) atoms. The van der Waals surface area contributed by atoms with Gasteiger partial charge in [-0.15, -0.1) is 0 Å². The molecular weight excluding hydrogens is 203 g/mol. The predicted octanol–water partition coefficient (Wildman–Crippen LogP) is -0.553. The lowest BCUT2D eigenvalue weighted by molar-refractivity contribution is 0.562. The number of rotatable bonds is 2. The Balaban J connectivity index is 2.45. The van der Waals surface area contributed by atoms with Gasteiger partial charge in [0.15, 0.2) is 0 Å². The van der Waals surface area contributed by atoms with E-state index in [1.54, 1.807) is 11.2 Å². The summed E-state index contributed by atoms with van der Waals surface area (Å²) >= 11 is 0. The van der Waals surface area contributed by atoms with Gasteiger partial charge >= 0.3 is 5.69 Å². The summed E-state index contributed by atoms with van der Waals surface area (Å²) < 4.78 is 14.8. The quantitative estimate of drug-likeness (QED) is 0.697. The lowest BCUT2D eigenvalue weighted by Crippen LogP contribution is -2.28. The lowest BCUT2D eigenvalue weighted by atomic mass is 10.4. The van der Waals surface area contributed by atoms with Gasteiger partial charge in [-0.3, -0.25) is 9.78 Å². The van der Waals surface area contributed by atoms with E-state index in [0.717, 1.165) is 0 Å². The molecule has 0 aliphatic heterocycles. The Morgan fingerprint density at radius 1 is 1.40 bits per heavy atom. The molecule has 0 amide bonds. The highest BCUT2D eigenvalue weighted by molar-refractivity contribution is 5.03. The summed E-state index contributed by atoms with van der Waals surface area (Å²) in [7, 11) is 0. The Morgan fingerprint density at radius 3 is 2.87 bits per heavy atom. The third kappa shape index (κ3) is 1.85. The minimum atomic E-state index is -1.02. The van der Waals surface area contributed by atoms with E-state index in [1.807, 2.05) is 0 Å². The molecule has 0 atom stereocenters. The lowest BCUT2D eigenvalue weighted by Gasteiger charge is -2.02. The summed E-state index contributed by atoms with van der Waals surface area (Å²) in [4.78, 5) is 29.6. The maximum Gasteiger partial charge on any atom is 0.326 e. The van der Waals surface area contributed by atoms with Crippen LogP contribution in [0.2, 0.25) is 0 Å². The number of H-pyrrole nitrogens is 2. The first-order valence-electron chi connectivity index (χ1n) is 4.13. The Hall–Kier alpha value is -2.18. The van der Waals surface area contributed by atoms with Gasteiger partial charge < -0.3 is 9.55 Å². The van der Waals surface area contributed by atoms with Crippen molar-refractivity contribution < 1.29 is 4.39 Å². The smallest absolute Gasteiger partial charge is 0.326 e. The molecule has 7 heteroatoms. The van der Waals surface area contributed by atoms with Crippen LogP contribution in [0.5, 0.6) is 0 Å². The first kappa shape index (κ1) is 9.38. The van der Waals surface area contributed by atoms with Crippen molar-refractivity contribution in [2.75, 3.05) is 0 Å². The standard InChI is InChI=1S/C8H7FN4O2/c9-6-5(3-13-2-1-10-4-13)11-8(15)12-7(6)14/h1-2,4H,3H2,(H2,11,12,14,15). The highest BCUT2D eigenvalue weighted by atomic mass is 19.1. The van der Waals surface area contributed by atoms with Gasteiger partial charge in [-0.05, 0) is 0 Å². The fourth-order valence-corrected chi connectivity index (χ4v) is 1.19.